The van der Waals surface area contributed by atoms with Crippen molar-refractivity contribution in [3.63, 3.8) is 0 Å². The number of benzene rings is 3. The lowest BCUT2D eigenvalue weighted by Crippen LogP contribution is -2.32. The molecule has 156 valence electrons. The lowest BCUT2D eigenvalue weighted by atomic mass is 10.0. The molecule has 1 aromatic heterocycles. The Morgan fingerprint density at radius 2 is 1.61 bits per heavy atom. The van der Waals surface area contributed by atoms with Gasteiger partial charge in [0, 0.05) is 5.39 Å². The average molecular weight is 414 g/mol. The molecule has 4 aromatic rings. The third kappa shape index (κ3) is 4.82. The number of nitrogens with one attached hydrogen (secondary N) is 1. The predicted molar refractivity (Wildman–Crippen MR) is 119 cm³/mol. The summed E-state index contributed by atoms with van der Waals surface area (Å²) >= 11 is 0. The minimum Gasteiger partial charge on any atom is -0.485 e. The number of carboxylic acid groups (broad SMARTS) is 1. The maximum Gasteiger partial charge on any atom is 0.335 e. The van der Waals surface area contributed by atoms with Crippen LogP contribution in [0.25, 0.3) is 10.9 Å². The number of anilines is 1. The Hall–Kier alpha value is -3.90. The molecule has 0 amide bonds. The van der Waals surface area contributed by atoms with Crippen LogP contribution in [0.5, 0.6) is 5.75 Å². The van der Waals surface area contributed by atoms with Gasteiger partial charge in [-0.25, -0.2) is 9.78 Å². The fraction of sp³-hybridized carbons (Fsp3) is 0.120. The van der Waals surface area contributed by atoms with Crippen LogP contribution in [0.2, 0.25) is 0 Å². The quantitative estimate of drug-likeness (QED) is 0.396. The van der Waals surface area contributed by atoms with E-state index in [4.69, 9.17) is 4.74 Å². The molecule has 0 radical (unpaired) electrons. The molecule has 0 aliphatic carbocycles. The zero-order valence-corrected chi connectivity index (χ0v) is 16.7. The Labute approximate surface area is 179 Å². The van der Waals surface area contributed by atoms with Crippen molar-refractivity contribution in [1.82, 2.24) is 4.98 Å². The van der Waals surface area contributed by atoms with Crippen molar-refractivity contribution < 1.29 is 19.7 Å². The molecule has 0 saturated carbocycles. The number of aliphatic carboxylic acids is 1. The molecule has 0 fully saturated rings. The van der Waals surface area contributed by atoms with Gasteiger partial charge in [0.2, 0.25) is 0 Å². The predicted octanol–water partition coefficient (Wildman–Crippen LogP) is 4.41. The molecule has 0 aliphatic rings. The van der Waals surface area contributed by atoms with Crippen molar-refractivity contribution in [3.8, 4) is 5.75 Å². The van der Waals surface area contributed by atoms with Crippen molar-refractivity contribution in [2.24, 2.45) is 0 Å². The molecule has 31 heavy (non-hydrogen) atoms. The lowest BCUT2D eigenvalue weighted by Gasteiger charge is -2.24. The zero-order valence-electron chi connectivity index (χ0n) is 16.7. The first-order valence-electron chi connectivity index (χ1n) is 9.90. The maximum atomic E-state index is 11.5. The number of aliphatic hydroxyl groups excluding tert-OH is 1. The van der Waals surface area contributed by atoms with Gasteiger partial charge in [-0.3, -0.25) is 0 Å². The Kier molecular flexibility index (Phi) is 6.10. The molecular formula is C25H22N2O4. The van der Waals surface area contributed by atoms with Crippen molar-refractivity contribution in [2.75, 3.05) is 5.32 Å². The van der Waals surface area contributed by atoms with Gasteiger partial charge in [-0.05, 0) is 29.8 Å². The van der Waals surface area contributed by atoms with Crippen LogP contribution in [0.1, 0.15) is 17.3 Å². The standard InChI is InChI=1S/C25H22N2O4/c28-24(25(29)30)23(18-9-2-1-3-10-18)27-21-12-6-7-13-22(21)31-16-19-15-14-17-8-4-5-11-20(17)26-19/h1-15,23-24,27-28H,16H2,(H,29,30)/t23-,24-/m0/s1. The number of ether oxygens (including phenoxy) is 1. The van der Waals surface area contributed by atoms with Crippen LogP contribution in [0, 0.1) is 0 Å². The third-order valence-corrected chi connectivity index (χ3v) is 4.96. The van der Waals surface area contributed by atoms with Gasteiger partial charge < -0.3 is 20.3 Å². The fourth-order valence-electron chi connectivity index (χ4n) is 3.37. The molecule has 6 heteroatoms. The monoisotopic (exact) mass is 414 g/mol. The van der Waals surface area contributed by atoms with Crippen LogP contribution in [0.3, 0.4) is 0 Å². The van der Waals surface area contributed by atoms with Gasteiger partial charge in [-0.15, -0.1) is 0 Å². The summed E-state index contributed by atoms with van der Waals surface area (Å²) in [7, 11) is 0. The van der Waals surface area contributed by atoms with Gasteiger partial charge in [0.1, 0.15) is 12.4 Å². The van der Waals surface area contributed by atoms with E-state index in [9.17, 15) is 15.0 Å². The number of carboxylic acids is 1. The smallest absolute Gasteiger partial charge is 0.335 e. The van der Waals surface area contributed by atoms with Crippen molar-refractivity contribution in [3.05, 3.63) is 102 Å². The van der Waals surface area contributed by atoms with E-state index >= 15 is 0 Å². The minimum atomic E-state index is -1.63. The fourth-order valence-corrected chi connectivity index (χ4v) is 3.37. The molecular weight excluding hydrogens is 392 g/mol. The number of pyridine rings is 1. The first kappa shape index (κ1) is 20.4. The van der Waals surface area contributed by atoms with Gasteiger partial charge in [-0.1, -0.05) is 66.7 Å². The van der Waals surface area contributed by atoms with E-state index in [1.54, 1.807) is 36.4 Å². The molecule has 6 nitrogen and oxygen atoms in total. The molecule has 1 heterocycles. The van der Waals surface area contributed by atoms with E-state index in [1.807, 2.05) is 54.6 Å². The SMILES string of the molecule is O=C(O)[C@@H](O)[C@@H](Nc1ccccc1OCc1ccc2ccccc2n1)c1ccccc1. The first-order chi connectivity index (χ1) is 15.1. The summed E-state index contributed by atoms with van der Waals surface area (Å²) in [5.74, 6) is -0.768. The molecule has 0 saturated heterocycles. The first-order valence-corrected chi connectivity index (χ1v) is 9.90. The van der Waals surface area contributed by atoms with E-state index in [1.165, 1.54) is 0 Å². The van der Waals surface area contributed by atoms with Crippen LogP contribution in [0.4, 0.5) is 5.69 Å². The molecule has 0 spiro atoms. The van der Waals surface area contributed by atoms with E-state index < -0.39 is 18.1 Å². The van der Waals surface area contributed by atoms with E-state index in [0.29, 0.717) is 17.0 Å². The number of rotatable bonds is 8. The van der Waals surface area contributed by atoms with Crippen LogP contribution in [0.15, 0.2) is 91.0 Å². The second-order valence-corrected chi connectivity index (χ2v) is 7.10. The highest BCUT2D eigenvalue weighted by Crippen LogP contribution is 2.30. The maximum absolute atomic E-state index is 11.5. The summed E-state index contributed by atoms with van der Waals surface area (Å²) < 4.78 is 6.00. The highest BCUT2D eigenvalue weighted by atomic mass is 16.5. The average Bonchev–Trinajstić information content (AvgIpc) is 2.81. The molecule has 0 unspecified atom stereocenters. The largest absolute Gasteiger partial charge is 0.485 e. The van der Waals surface area contributed by atoms with Crippen molar-refractivity contribution in [2.45, 2.75) is 18.8 Å². The second kappa shape index (κ2) is 9.28. The number of para-hydroxylation sites is 3. The number of nitrogens with zero attached hydrogens (tertiary/aromatic N) is 1. The summed E-state index contributed by atoms with van der Waals surface area (Å²) in [5, 5.41) is 23.8. The van der Waals surface area contributed by atoms with Gasteiger partial charge >= 0.3 is 5.97 Å². The van der Waals surface area contributed by atoms with Crippen LogP contribution in [-0.4, -0.2) is 27.3 Å². The van der Waals surface area contributed by atoms with Crippen molar-refractivity contribution in [1.29, 1.82) is 0 Å². The summed E-state index contributed by atoms with van der Waals surface area (Å²) in [5.41, 5.74) is 2.91. The number of aliphatic hydroxyl groups is 1. The summed E-state index contributed by atoms with van der Waals surface area (Å²) in [6, 6.07) is 27.1. The minimum absolute atomic E-state index is 0.251. The summed E-state index contributed by atoms with van der Waals surface area (Å²) in [6.45, 7) is 0.251. The van der Waals surface area contributed by atoms with Crippen molar-refractivity contribution >= 4 is 22.6 Å². The highest BCUT2D eigenvalue weighted by Gasteiger charge is 2.28. The molecule has 2 atom stereocenters. The number of hydrogen-bond acceptors (Lipinski definition) is 5. The lowest BCUT2D eigenvalue weighted by molar-refractivity contribution is -0.147. The van der Waals surface area contributed by atoms with Gasteiger partial charge in [0.15, 0.2) is 6.10 Å². The van der Waals surface area contributed by atoms with Crippen LogP contribution >= 0.6 is 0 Å². The van der Waals surface area contributed by atoms with Gasteiger partial charge in [0.25, 0.3) is 0 Å². The number of aromatic nitrogens is 1. The summed E-state index contributed by atoms with van der Waals surface area (Å²) in [6.07, 6.45) is -1.63. The van der Waals surface area contributed by atoms with E-state index in [-0.39, 0.29) is 6.61 Å². The van der Waals surface area contributed by atoms with Gasteiger partial charge in [0.05, 0.1) is 22.9 Å². The van der Waals surface area contributed by atoms with Gasteiger partial charge in [-0.2, -0.15) is 0 Å². The number of carbonyl (C=O) groups is 1. The molecule has 0 bridgehead atoms. The Bertz CT molecular complexity index is 1180. The van der Waals surface area contributed by atoms with Crippen LogP contribution in [-0.2, 0) is 11.4 Å². The van der Waals surface area contributed by atoms with E-state index in [2.05, 4.69) is 10.3 Å². The Balaban J connectivity index is 1.56. The molecule has 4 rings (SSSR count). The van der Waals surface area contributed by atoms with Crippen LogP contribution < -0.4 is 10.1 Å². The Morgan fingerprint density at radius 1 is 0.903 bits per heavy atom. The Morgan fingerprint density at radius 3 is 2.42 bits per heavy atom. The number of fused-ring (bicyclic) bond motifs is 1. The molecule has 3 N–H and O–H groups in total. The normalized spacial score (nSPS) is 12.8. The molecule has 0 aliphatic heterocycles. The zero-order chi connectivity index (χ0) is 21.6. The third-order valence-electron chi connectivity index (χ3n) is 4.96. The van der Waals surface area contributed by atoms with E-state index in [0.717, 1.165) is 16.6 Å². The highest BCUT2D eigenvalue weighted by molar-refractivity contribution is 5.78. The number of hydrogen-bond donors (Lipinski definition) is 3. The summed E-state index contributed by atoms with van der Waals surface area (Å²) in [4.78, 5) is 16.1. The molecule has 3 aromatic carbocycles. The topological polar surface area (TPSA) is 91.7 Å². The second-order valence-electron chi connectivity index (χ2n) is 7.10.